The van der Waals surface area contributed by atoms with Gasteiger partial charge in [0.1, 0.15) is 0 Å². The van der Waals surface area contributed by atoms with E-state index in [0.717, 1.165) is 5.69 Å². The first-order valence-corrected chi connectivity index (χ1v) is 6.86. The minimum absolute atomic E-state index is 0.119. The number of carboxylic acids is 1. The first-order chi connectivity index (χ1) is 9.39. The highest BCUT2D eigenvalue weighted by Gasteiger charge is 2.45. The summed E-state index contributed by atoms with van der Waals surface area (Å²) < 4.78 is 0. The lowest BCUT2D eigenvalue weighted by Crippen LogP contribution is -2.36. The van der Waals surface area contributed by atoms with Gasteiger partial charge in [0.25, 0.3) is 5.91 Å². The molecule has 1 N–H and O–H groups in total. The van der Waals surface area contributed by atoms with Gasteiger partial charge in [-0.3, -0.25) is 14.6 Å². The first-order valence-electron chi connectivity index (χ1n) is 6.86. The Labute approximate surface area is 118 Å². The predicted octanol–water partition coefficient (Wildman–Crippen LogP) is 2.03. The predicted molar refractivity (Wildman–Crippen MR) is 74.6 cm³/mol. The molecule has 1 aromatic heterocycles. The third-order valence-electron chi connectivity index (χ3n) is 4.23. The van der Waals surface area contributed by atoms with E-state index in [1.807, 2.05) is 13.8 Å². The molecule has 1 aliphatic heterocycles. The largest absolute Gasteiger partial charge is 0.481 e. The molecular weight excluding hydrogens is 256 g/mol. The Bertz CT molecular complexity index is 556. The molecule has 0 aromatic carbocycles. The standard InChI is InChI=1S/C15H20N2O3/c1-4-15(14(19)20)7-8-17(9-15)13(18)12-6-5-10(2)16-11(12)3/h5-6H,4,7-9H2,1-3H3,(H,19,20). The minimum Gasteiger partial charge on any atom is -0.481 e. The van der Waals surface area contributed by atoms with Gasteiger partial charge in [0.15, 0.2) is 0 Å². The first kappa shape index (κ1) is 14.5. The van der Waals surface area contributed by atoms with Gasteiger partial charge in [-0.25, -0.2) is 0 Å². The maximum Gasteiger partial charge on any atom is 0.311 e. The van der Waals surface area contributed by atoms with Crippen LogP contribution in [0.2, 0.25) is 0 Å². The molecule has 1 unspecified atom stereocenters. The van der Waals surface area contributed by atoms with Crippen molar-refractivity contribution in [2.45, 2.75) is 33.6 Å². The zero-order valence-corrected chi connectivity index (χ0v) is 12.1. The summed E-state index contributed by atoms with van der Waals surface area (Å²) in [6.45, 7) is 6.32. The second-order valence-corrected chi connectivity index (χ2v) is 5.50. The molecule has 2 heterocycles. The van der Waals surface area contributed by atoms with Crippen LogP contribution in [0.25, 0.3) is 0 Å². The number of aryl methyl sites for hydroxylation is 2. The Balaban J connectivity index is 2.21. The van der Waals surface area contributed by atoms with Gasteiger partial charge in [0, 0.05) is 18.8 Å². The van der Waals surface area contributed by atoms with E-state index >= 15 is 0 Å². The Morgan fingerprint density at radius 2 is 2.10 bits per heavy atom. The Hall–Kier alpha value is -1.91. The van der Waals surface area contributed by atoms with Crippen LogP contribution in [0.5, 0.6) is 0 Å². The number of amides is 1. The Morgan fingerprint density at radius 3 is 2.60 bits per heavy atom. The van der Waals surface area contributed by atoms with Gasteiger partial charge in [-0.15, -0.1) is 0 Å². The maximum atomic E-state index is 12.5. The normalized spacial score (nSPS) is 22.1. The fraction of sp³-hybridized carbons (Fsp3) is 0.533. The monoisotopic (exact) mass is 276 g/mol. The average molecular weight is 276 g/mol. The number of hydrogen-bond donors (Lipinski definition) is 1. The number of hydrogen-bond acceptors (Lipinski definition) is 3. The maximum absolute atomic E-state index is 12.5. The van der Waals surface area contributed by atoms with E-state index in [0.29, 0.717) is 30.6 Å². The molecular formula is C15H20N2O3. The summed E-state index contributed by atoms with van der Waals surface area (Å²) >= 11 is 0. The van der Waals surface area contributed by atoms with E-state index in [4.69, 9.17) is 0 Å². The lowest BCUT2D eigenvalue weighted by molar-refractivity contribution is -0.148. The summed E-state index contributed by atoms with van der Waals surface area (Å²) in [5.41, 5.74) is 1.34. The molecule has 0 aliphatic carbocycles. The van der Waals surface area contributed by atoms with Crippen LogP contribution in [0.1, 0.15) is 41.5 Å². The van der Waals surface area contributed by atoms with Crippen molar-refractivity contribution in [1.82, 2.24) is 9.88 Å². The third-order valence-corrected chi connectivity index (χ3v) is 4.23. The number of carbonyl (C=O) groups is 2. The molecule has 1 fully saturated rings. The van der Waals surface area contributed by atoms with Crippen LogP contribution in [-0.2, 0) is 4.79 Å². The summed E-state index contributed by atoms with van der Waals surface area (Å²) in [6, 6.07) is 3.58. The summed E-state index contributed by atoms with van der Waals surface area (Å²) in [5, 5.41) is 9.37. The Morgan fingerprint density at radius 1 is 1.40 bits per heavy atom. The molecule has 0 bridgehead atoms. The number of likely N-dealkylation sites (tertiary alicyclic amines) is 1. The highest BCUT2D eigenvalue weighted by atomic mass is 16.4. The van der Waals surface area contributed by atoms with Crippen molar-refractivity contribution >= 4 is 11.9 Å². The van der Waals surface area contributed by atoms with Crippen LogP contribution in [0, 0.1) is 19.3 Å². The number of pyridine rings is 1. The zero-order chi connectivity index (χ0) is 14.9. The summed E-state index contributed by atoms with van der Waals surface area (Å²) in [4.78, 5) is 29.8. The highest BCUT2D eigenvalue weighted by Crippen LogP contribution is 2.35. The van der Waals surface area contributed by atoms with Gasteiger partial charge in [0.05, 0.1) is 16.7 Å². The van der Waals surface area contributed by atoms with Gasteiger partial charge in [-0.2, -0.15) is 0 Å². The highest BCUT2D eigenvalue weighted by molar-refractivity contribution is 5.96. The molecule has 20 heavy (non-hydrogen) atoms. The second-order valence-electron chi connectivity index (χ2n) is 5.50. The summed E-state index contributed by atoms with van der Waals surface area (Å²) in [5.74, 6) is -0.930. The van der Waals surface area contributed by atoms with Crippen molar-refractivity contribution in [1.29, 1.82) is 0 Å². The van der Waals surface area contributed by atoms with E-state index < -0.39 is 11.4 Å². The molecule has 1 saturated heterocycles. The van der Waals surface area contributed by atoms with E-state index in [-0.39, 0.29) is 12.5 Å². The van der Waals surface area contributed by atoms with Crippen LogP contribution in [0.15, 0.2) is 12.1 Å². The molecule has 1 atom stereocenters. The summed E-state index contributed by atoms with van der Waals surface area (Å²) in [6.07, 6.45) is 1.06. The molecule has 0 radical (unpaired) electrons. The van der Waals surface area contributed by atoms with E-state index in [2.05, 4.69) is 4.98 Å². The second kappa shape index (κ2) is 5.23. The van der Waals surface area contributed by atoms with Crippen LogP contribution in [0.4, 0.5) is 0 Å². The lowest BCUT2D eigenvalue weighted by Gasteiger charge is -2.23. The minimum atomic E-state index is -0.811. The molecule has 0 spiro atoms. The fourth-order valence-corrected chi connectivity index (χ4v) is 2.74. The molecule has 1 aromatic rings. The Kier molecular flexibility index (Phi) is 3.79. The summed E-state index contributed by atoms with van der Waals surface area (Å²) in [7, 11) is 0. The molecule has 108 valence electrons. The van der Waals surface area contributed by atoms with Gasteiger partial charge in [0.2, 0.25) is 0 Å². The van der Waals surface area contributed by atoms with Crippen molar-refractivity contribution in [3.8, 4) is 0 Å². The van der Waals surface area contributed by atoms with Crippen molar-refractivity contribution < 1.29 is 14.7 Å². The van der Waals surface area contributed by atoms with Crippen molar-refractivity contribution in [2.75, 3.05) is 13.1 Å². The van der Waals surface area contributed by atoms with Gasteiger partial charge < -0.3 is 10.0 Å². The number of aliphatic carboxylic acids is 1. The molecule has 5 nitrogen and oxygen atoms in total. The SMILES string of the molecule is CCC1(C(=O)O)CCN(C(=O)c2ccc(C)nc2C)C1. The molecule has 2 rings (SSSR count). The molecule has 1 aliphatic rings. The topological polar surface area (TPSA) is 70.5 Å². The van der Waals surface area contributed by atoms with Crippen LogP contribution < -0.4 is 0 Å². The van der Waals surface area contributed by atoms with Crippen LogP contribution in [-0.4, -0.2) is 40.0 Å². The lowest BCUT2D eigenvalue weighted by atomic mass is 9.84. The van der Waals surface area contributed by atoms with Gasteiger partial charge >= 0.3 is 5.97 Å². The molecule has 0 saturated carbocycles. The zero-order valence-electron chi connectivity index (χ0n) is 12.1. The fourth-order valence-electron chi connectivity index (χ4n) is 2.74. The van der Waals surface area contributed by atoms with Gasteiger partial charge in [-0.05, 0) is 38.8 Å². The number of carbonyl (C=O) groups excluding carboxylic acids is 1. The van der Waals surface area contributed by atoms with Crippen LogP contribution >= 0.6 is 0 Å². The molecule has 1 amide bonds. The van der Waals surface area contributed by atoms with Gasteiger partial charge in [-0.1, -0.05) is 6.92 Å². The molecule has 5 heteroatoms. The van der Waals surface area contributed by atoms with E-state index in [9.17, 15) is 14.7 Å². The quantitative estimate of drug-likeness (QED) is 0.917. The smallest absolute Gasteiger partial charge is 0.311 e. The van der Waals surface area contributed by atoms with E-state index in [1.165, 1.54) is 0 Å². The number of rotatable bonds is 3. The van der Waals surface area contributed by atoms with Crippen molar-refractivity contribution in [2.24, 2.45) is 5.41 Å². The number of aromatic nitrogens is 1. The van der Waals surface area contributed by atoms with Crippen molar-refractivity contribution in [3.63, 3.8) is 0 Å². The van der Waals surface area contributed by atoms with Crippen molar-refractivity contribution in [3.05, 3.63) is 29.1 Å². The van der Waals surface area contributed by atoms with Crippen LogP contribution in [0.3, 0.4) is 0 Å². The number of nitrogens with zero attached hydrogens (tertiary/aromatic N) is 2. The van der Waals surface area contributed by atoms with E-state index in [1.54, 1.807) is 24.0 Å². The third kappa shape index (κ3) is 2.40. The number of carboxylic acid groups (broad SMARTS) is 1. The average Bonchev–Trinajstić information content (AvgIpc) is 2.83.